The Morgan fingerprint density at radius 1 is 1.18 bits per heavy atom. The van der Waals surface area contributed by atoms with Crippen molar-refractivity contribution in [2.45, 2.75) is 0 Å². The van der Waals surface area contributed by atoms with Crippen LogP contribution < -0.4 is 0 Å². The lowest BCUT2D eigenvalue weighted by Gasteiger charge is -2.02. The normalized spacial score (nSPS) is 9.18. The maximum Gasteiger partial charge on any atom is -0.000545 e. The van der Waals surface area contributed by atoms with Gasteiger partial charge in [-0.25, -0.2) is 0 Å². The molecule has 0 nitrogen and oxygen atoms in total. The van der Waals surface area contributed by atoms with Crippen molar-refractivity contribution >= 4 is 12.2 Å². The van der Waals surface area contributed by atoms with Gasteiger partial charge in [-0.05, 0) is 23.6 Å². The summed E-state index contributed by atoms with van der Waals surface area (Å²) >= 11 is 0. The van der Waals surface area contributed by atoms with Crippen molar-refractivity contribution in [1.29, 1.82) is 0 Å². The van der Waals surface area contributed by atoms with Crippen LogP contribution in [-0.2, 0) is 0 Å². The van der Waals surface area contributed by atoms with Crippen LogP contribution in [0.15, 0.2) is 31.4 Å². The van der Waals surface area contributed by atoms with Gasteiger partial charge >= 0.3 is 0 Å². The van der Waals surface area contributed by atoms with E-state index in [0.29, 0.717) is 0 Å². The predicted octanol–water partition coefficient (Wildman–Crippen LogP) is 3.03. The number of hydrogen-bond acceptors (Lipinski definition) is 0. The molecule has 0 aliphatic carbocycles. The average molecular weight is 142 g/mol. The summed E-state index contributed by atoms with van der Waals surface area (Å²) < 4.78 is 0. The number of benzene rings is 1. The molecule has 0 saturated carbocycles. The van der Waals surface area contributed by atoms with Crippen LogP contribution in [0.5, 0.6) is 0 Å². The molecule has 11 heavy (non-hydrogen) atoms. The van der Waals surface area contributed by atoms with Crippen LogP contribution in [0.4, 0.5) is 0 Å². The lowest BCUT2D eigenvalue weighted by atomic mass is 10.0. The average Bonchev–Trinajstić information content (AvgIpc) is 2.04. The molecule has 0 aliphatic heterocycles. The highest BCUT2D eigenvalue weighted by atomic mass is 14.0. The minimum absolute atomic E-state index is 0.748. The minimum atomic E-state index is 0.748. The van der Waals surface area contributed by atoms with Gasteiger partial charge in [0.15, 0.2) is 0 Å². The van der Waals surface area contributed by atoms with E-state index in [0.717, 1.165) is 16.7 Å². The fraction of sp³-hybridized carbons (Fsp3) is 0. The predicted molar refractivity (Wildman–Crippen MR) is 50.0 cm³/mol. The zero-order chi connectivity index (χ0) is 8.27. The third-order valence-corrected chi connectivity index (χ3v) is 1.60. The highest BCUT2D eigenvalue weighted by Gasteiger charge is 1.96. The molecule has 0 heterocycles. The van der Waals surface area contributed by atoms with Gasteiger partial charge < -0.3 is 0 Å². The maximum atomic E-state index is 5.69. The van der Waals surface area contributed by atoms with Crippen molar-refractivity contribution in [1.82, 2.24) is 0 Å². The molecule has 0 atom stereocenters. The van der Waals surface area contributed by atoms with Crippen LogP contribution in [0, 0.1) is 6.92 Å². The van der Waals surface area contributed by atoms with Gasteiger partial charge in [-0.1, -0.05) is 43.5 Å². The number of hydrogen-bond donors (Lipinski definition) is 0. The minimum Gasteiger partial charge on any atom is -0.0984 e. The van der Waals surface area contributed by atoms with E-state index < -0.39 is 0 Å². The topological polar surface area (TPSA) is 0 Å². The zero-order valence-electron chi connectivity index (χ0n) is 6.38. The second-order valence-electron chi connectivity index (χ2n) is 2.26. The first kappa shape index (κ1) is 7.80. The van der Waals surface area contributed by atoms with Gasteiger partial charge in [-0.3, -0.25) is 0 Å². The van der Waals surface area contributed by atoms with Crippen LogP contribution >= 0.6 is 0 Å². The molecular weight excluding hydrogens is 132 g/mol. The van der Waals surface area contributed by atoms with E-state index in [4.69, 9.17) is 6.92 Å². The van der Waals surface area contributed by atoms with E-state index in [9.17, 15) is 0 Å². The Kier molecular flexibility index (Phi) is 2.27. The molecule has 0 heteroatoms. The molecule has 0 spiro atoms. The van der Waals surface area contributed by atoms with Gasteiger partial charge in [0.05, 0.1) is 0 Å². The van der Waals surface area contributed by atoms with E-state index in [-0.39, 0.29) is 0 Å². The standard InChI is InChI=1S/C11H10/c1-4-10-8-6-7-9(3)11(10)5-2/h3-8H,1-2H2. The van der Waals surface area contributed by atoms with Crippen molar-refractivity contribution in [3.63, 3.8) is 0 Å². The SMILES string of the molecule is [CH]c1cccc(C=C)c1C=C. The Morgan fingerprint density at radius 3 is 2.36 bits per heavy atom. The van der Waals surface area contributed by atoms with Gasteiger partial charge in [0.25, 0.3) is 0 Å². The molecule has 1 aromatic carbocycles. The quantitative estimate of drug-likeness (QED) is 0.595. The maximum absolute atomic E-state index is 5.69. The summed E-state index contributed by atoms with van der Waals surface area (Å²) in [6, 6.07) is 5.71. The largest absolute Gasteiger partial charge is 0.0984 e. The highest BCUT2D eigenvalue weighted by Crippen LogP contribution is 2.15. The third kappa shape index (κ3) is 1.40. The molecule has 0 amide bonds. The Bertz CT molecular complexity index is 282. The Morgan fingerprint density at radius 2 is 1.91 bits per heavy atom. The Labute approximate surface area is 67.9 Å². The second kappa shape index (κ2) is 3.20. The van der Waals surface area contributed by atoms with Crippen molar-refractivity contribution in [2.24, 2.45) is 0 Å². The van der Waals surface area contributed by atoms with Gasteiger partial charge in [-0.2, -0.15) is 0 Å². The summed E-state index contributed by atoms with van der Waals surface area (Å²) in [6.45, 7) is 13.0. The van der Waals surface area contributed by atoms with Crippen molar-refractivity contribution in [3.05, 3.63) is 55.0 Å². The summed E-state index contributed by atoms with van der Waals surface area (Å²) in [5.74, 6) is 0. The first-order valence-corrected chi connectivity index (χ1v) is 3.43. The van der Waals surface area contributed by atoms with Gasteiger partial charge in [0.2, 0.25) is 0 Å². The van der Waals surface area contributed by atoms with E-state index >= 15 is 0 Å². The van der Waals surface area contributed by atoms with E-state index in [1.165, 1.54) is 0 Å². The summed E-state index contributed by atoms with van der Waals surface area (Å²) in [4.78, 5) is 0. The number of rotatable bonds is 2. The van der Waals surface area contributed by atoms with Crippen molar-refractivity contribution in [3.8, 4) is 0 Å². The van der Waals surface area contributed by atoms with Crippen LogP contribution in [0.1, 0.15) is 16.7 Å². The second-order valence-corrected chi connectivity index (χ2v) is 2.26. The van der Waals surface area contributed by atoms with E-state index in [1.807, 2.05) is 18.2 Å². The fourth-order valence-electron chi connectivity index (χ4n) is 1.02. The molecule has 1 rings (SSSR count). The molecule has 0 aliphatic rings. The molecule has 2 radical (unpaired) electrons. The van der Waals surface area contributed by atoms with Crippen molar-refractivity contribution in [2.75, 3.05) is 0 Å². The van der Waals surface area contributed by atoms with Crippen LogP contribution in [0.2, 0.25) is 0 Å². The molecule has 0 N–H and O–H groups in total. The van der Waals surface area contributed by atoms with E-state index in [1.54, 1.807) is 12.2 Å². The van der Waals surface area contributed by atoms with Gasteiger partial charge in [0.1, 0.15) is 0 Å². The lowest BCUT2D eigenvalue weighted by molar-refractivity contribution is 1.54. The molecule has 1 aromatic rings. The highest BCUT2D eigenvalue weighted by molar-refractivity contribution is 5.66. The third-order valence-electron chi connectivity index (χ3n) is 1.60. The molecule has 0 fully saturated rings. The summed E-state index contributed by atoms with van der Waals surface area (Å²) in [7, 11) is 0. The summed E-state index contributed by atoms with van der Waals surface area (Å²) in [5.41, 5.74) is 2.74. The van der Waals surface area contributed by atoms with Crippen LogP contribution in [-0.4, -0.2) is 0 Å². The van der Waals surface area contributed by atoms with Crippen LogP contribution in [0.25, 0.3) is 12.2 Å². The first-order chi connectivity index (χ1) is 5.29. The lowest BCUT2D eigenvalue weighted by Crippen LogP contribution is -1.83. The monoisotopic (exact) mass is 142 g/mol. The van der Waals surface area contributed by atoms with Crippen LogP contribution in [0.3, 0.4) is 0 Å². The fourth-order valence-corrected chi connectivity index (χ4v) is 1.02. The molecular formula is C11H10. The van der Waals surface area contributed by atoms with Gasteiger partial charge in [0, 0.05) is 0 Å². The molecule has 54 valence electrons. The zero-order valence-corrected chi connectivity index (χ0v) is 6.38. The molecule has 0 aromatic heterocycles. The molecule has 0 saturated heterocycles. The molecule has 0 bridgehead atoms. The van der Waals surface area contributed by atoms with Gasteiger partial charge in [-0.15, -0.1) is 0 Å². The summed E-state index contributed by atoms with van der Waals surface area (Å²) in [6.07, 6.45) is 3.51. The Balaban J connectivity index is 3.35. The smallest absolute Gasteiger partial charge is 0.000545 e. The van der Waals surface area contributed by atoms with E-state index in [2.05, 4.69) is 13.2 Å². The molecule has 0 unspecified atom stereocenters. The Hall–Kier alpha value is -1.30. The van der Waals surface area contributed by atoms with Crippen molar-refractivity contribution < 1.29 is 0 Å². The first-order valence-electron chi connectivity index (χ1n) is 3.43. The summed E-state index contributed by atoms with van der Waals surface area (Å²) in [5, 5.41) is 0.